The Labute approximate surface area is 160 Å². The topological polar surface area (TPSA) is 66.4 Å². The van der Waals surface area contributed by atoms with E-state index in [1.165, 1.54) is 0 Å². The van der Waals surface area contributed by atoms with Crippen LogP contribution in [0.25, 0.3) is 0 Å². The van der Waals surface area contributed by atoms with Gasteiger partial charge in [0, 0.05) is 6.61 Å². The molecule has 6 nitrogen and oxygen atoms in total. The van der Waals surface area contributed by atoms with Crippen LogP contribution >= 0.6 is 0 Å². The molecule has 0 aromatic carbocycles. The normalized spacial score (nSPS) is 15.1. The van der Waals surface area contributed by atoms with Crippen molar-refractivity contribution in [3.05, 3.63) is 0 Å². The molecule has 0 heterocycles. The molecule has 0 saturated carbocycles. The third kappa shape index (κ3) is 13.6. The molecule has 0 amide bonds. The van der Waals surface area contributed by atoms with Crippen molar-refractivity contribution in [3.63, 3.8) is 0 Å². The Balaban J connectivity index is 4.89. The predicted molar refractivity (Wildman–Crippen MR) is 115 cm³/mol. The highest BCUT2D eigenvalue weighted by molar-refractivity contribution is 6.89. The van der Waals surface area contributed by atoms with Crippen molar-refractivity contribution in [1.29, 1.82) is 0 Å². The highest BCUT2D eigenvalue weighted by Gasteiger charge is 2.46. The largest absolute Gasteiger partial charge is 0.416 e. The third-order valence-corrected chi connectivity index (χ3v) is 19.4. The summed E-state index contributed by atoms with van der Waals surface area (Å²) < 4.78 is 30.9. The second kappa shape index (κ2) is 8.90. The van der Waals surface area contributed by atoms with Gasteiger partial charge < -0.3 is 25.7 Å². The van der Waals surface area contributed by atoms with Gasteiger partial charge in [-0.1, -0.05) is 13.8 Å². The van der Waals surface area contributed by atoms with E-state index in [-0.39, 0.29) is 0 Å². The molecule has 152 valence electrons. The summed E-state index contributed by atoms with van der Waals surface area (Å²) >= 11 is 0. The molecule has 0 atom stereocenters. The molecule has 11 heteroatoms. The lowest BCUT2D eigenvalue weighted by Crippen LogP contribution is -2.59. The number of hydrogen-bond donors (Lipinski definition) is 1. The summed E-state index contributed by atoms with van der Waals surface area (Å²) in [7, 11) is -12.2. The first kappa shape index (κ1) is 25.8. The van der Waals surface area contributed by atoms with Crippen molar-refractivity contribution in [2.24, 2.45) is 5.92 Å². The fourth-order valence-electron chi connectivity index (χ4n) is 2.84. The Bertz CT molecular complexity index is 420. The van der Waals surface area contributed by atoms with Gasteiger partial charge in [0.25, 0.3) is 0 Å². The van der Waals surface area contributed by atoms with Gasteiger partial charge in [-0.2, -0.15) is 0 Å². The quantitative estimate of drug-likeness (QED) is 0.481. The summed E-state index contributed by atoms with van der Waals surface area (Å²) in [5.74, 6) is 0.477. The van der Waals surface area contributed by atoms with Crippen molar-refractivity contribution in [3.8, 4) is 0 Å². The van der Waals surface area contributed by atoms with Gasteiger partial charge >= 0.3 is 42.8 Å². The Morgan fingerprint density at radius 3 is 1.24 bits per heavy atom. The molecule has 25 heavy (non-hydrogen) atoms. The Hall–Kier alpha value is 0.844. The zero-order valence-electron chi connectivity index (χ0n) is 18.3. The van der Waals surface area contributed by atoms with Crippen LogP contribution in [0.4, 0.5) is 0 Å². The minimum atomic E-state index is -2.64. The molecule has 0 saturated heterocycles. The smallest absolute Gasteiger partial charge is 0.322 e. The molecule has 0 spiro atoms. The van der Waals surface area contributed by atoms with Gasteiger partial charge in [-0.3, -0.25) is 0 Å². The molecule has 0 aromatic heterocycles. The highest BCUT2D eigenvalue weighted by Crippen LogP contribution is 2.25. The summed E-state index contributed by atoms with van der Waals surface area (Å²) in [5.41, 5.74) is 0. The van der Waals surface area contributed by atoms with E-state index >= 15 is 0 Å². The summed E-state index contributed by atoms with van der Waals surface area (Å²) in [6, 6.07) is 0. The molecule has 0 aromatic rings. The van der Waals surface area contributed by atoms with Crippen LogP contribution in [0.2, 0.25) is 65.5 Å². The fourth-order valence-corrected chi connectivity index (χ4v) is 24.5. The fraction of sp³-hybridized carbons (Fsp3) is 1.00. The van der Waals surface area contributed by atoms with E-state index in [9.17, 15) is 4.80 Å². The molecular weight excluding hydrogens is 405 g/mol. The van der Waals surface area contributed by atoms with E-state index in [2.05, 4.69) is 26.9 Å². The lowest BCUT2D eigenvalue weighted by atomic mass is 10.2. The lowest BCUT2D eigenvalue weighted by Gasteiger charge is -2.41. The van der Waals surface area contributed by atoms with E-state index in [4.69, 9.17) is 20.9 Å². The summed E-state index contributed by atoms with van der Waals surface area (Å²) in [4.78, 5) is 10.1. The number of hydrogen-bond acceptors (Lipinski definition) is 6. The Morgan fingerprint density at radius 2 is 0.920 bits per heavy atom. The minimum absolute atomic E-state index is 0.477. The van der Waals surface area contributed by atoms with E-state index < -0.39 is 42.8 Å². The van der Waals surface area contributed by atoms with Crippen LogP contribution in [0.3, 0.4) is 0 Å². The van der Waals surface area contributed by atoms with Crippen molar-refractivity contribution >= 4 is 42.8 Å². The second-order valence-corrected chi connectivity index (χ2v) is 26.8. The first-order valence-corrected chi connectivity index (χ1v) is 23.0. The minimum Gasteiger partial charge on any atom is -0.416 e. The van der Waals surface area contributed by atoms with Crippen LogP contribution in [-0.4, -0.2) is 54.2 Å². The molecule has 0 unspecified atom stereocenters. The van der Waals surface area contributed by atoms with E-state index in [1.807, 2.05) is 39.3 Å². The van der Waals surface area contributed by atoms with Crippen LogP contribution in [-0.2, 0) is 20.9 Å². The van der Waals surface area contributed by atoms with Gasteiger partial charge in [-0.05, 0) is 71.4 Å². The van der Waals surface area contributed by atoms with Gasteiger partial charge in [0.1, 0.15) is 0 Å². The standard InChI is InChI=1S/C14H40O6Si5/c1-14(2)13-16-22(5,6)18-24(9,10)20-25(11,12)19-23(7,8)17-21(3,4)15/h14-15H,13H2,1-12H3. The van der Waals surface area contributed by atoms with Gasteiger partial charge in [0.05, 0.1) is 0 Å². The van der Waals surface area contributed by atoms with Crippen molar-refractivity contribution in [1.82, 2.24) is 0 Å². The molecule has 0 aliphatic heterocycles. The van der Waals surface area contributed by atoms with Gasteiger partial charge in [-0.15, -0.1) is 0 Å². The van der Waals surface area contributed by atoms with Crippen LogP contribution in [0.15, 0.2) is 0 Å². The average molecular weight is 445 g/mol. The van der Waals surface area contributed by atoms with Crippen LogP contribution in [0.5, 0.6) is 0 Å². The first-order valence-electron chi connectivity index (χ1n) is 8.91. The SMILES string of the molecule is CC(C)CO[Si](C)(C)O[Si](C)(C)O[Si](C)(C)O[Si](C)(C)O[Si](C)(C)O. The molecular formula is C14H40O6Si5. The maximum Gasteiger partial charge on any atom is 0.322 e. The zero-order valence-corrected chi connectivity index (χ0v) is 23.3. The van der Waals surface area contributed by atoms with Crippen molar-refractivity contribution in [2.45, 2.75) is 79.3 Å². The predicted octanol–water partition coefficient (Wildman–Crippen LogP) is 4.23. The molecule has 0 fully saturated rings. The van der Waals surface area contributed by atoms with Crippen LogP contribution in [0.1, 0.15) is 13.8 Å². The molecule has 0 radical (unpaired) electrons. The van der Waals surface area contributed by atoms with Gasteiger partial charge in [0.2, 0.25) is 0 Å². The zero-order chi connectivity index (χ0) is 20.3. The van der Waals surface area contributed by atoms with E-state index in [0.717, 1.165) is 0 Å². The maximum absolute atomic E-state index is 10.1. The summed E-state index contributed by atoms with van der Waals surface area (Å²) in [5, 5.41) is 0. The first-order chi connectivity index (χ1) is 10.7. The lowest BCUT2D eigenvalue weighted by molar-refractivity contribution is 0.198. The summed E-state index contributed by atoms with van der Waals surface area (Å²) in [6.07, 6.45) is 0. The average Bonchev–Trinajstić information content (AvgIpc) is 2.16. The monoisotopic (exact) mass is 444 g/mol. The maximum atomic E-state index is 10.1. The molecule has 0 rings (SSSR count). The molecule has 1 N–H and O–H groups in total. The van der Waals surface area contributed by atoms with Crippen LogP contribution in [0, 0.1) is 5.92 Å². The number of rotatable bonds is 11. The van der Waals surface area contributed by atoms with Gasteiger partial charge in [0.15, 0.2) is 0 Å². The third-order valence-electron chi connectivity index (χ3n) is 2.73. The van der Waals surface area contributed by atoms with E-state index in [0.29, 0.717) is 12.5 Å². The second-order valence-electron chi connectivity index (χ2n) is 9.16. The highest BCUT2D eigenvalue weighted by atomic mass is 28.5. The van der Waals surface area contributed by atoms with Crippen molar-refractivity contribution < 1.29 is 25.7 Å². The van der Waals surface area contributed by atoms with Gasteiger partial charge in [-0.25, -0.2) is 0 Å². The summed E-state index contributed by atoms with van der Waals surface area (Å²) in [6.45, 7) is 24.6. The molecule has 0 bridgehead atoms. The van der Waals surface area contributed by atoms with Crippen LogP contribution < -0.4 is 0 Å². The Kier molecular flexibility index (Phi) is 9.20. The molecule has 0 aliphatic rings. The molecule has 0 aliphatic carbocycles. The van der Waals surface area contributed by atoms with E-state index in [1.54, 1.807) is 13.1 Å². The Morgan fingerprint density at radius 1 is 0.600 bits per heavy atom. The van der Waals surface area contributed by atoms with Crippen molar-refractivity contribution in [2.75, 3.05) is 6.61 Å².